The largest absolute Gasteiger partial charge is 0.507 e. The minimum absolute atomic E-state index is 0.00231. The number of phenolic OH excluding ortho intramolecular Hbond substituents is 1. The molecule has 0 saturated carbocycles. The highest BCUT2D eigenvalue weighted by atomic mass is 16.3. The Morgan fingerprint density at radius 1 is 1.33 bits per heavy atom. The molecule has 0 unspecified atom stereocenters. The van der Waals surface area contributed by atoms with Gasteiger partial charge in [0.2, 0.25) is 0 Å². The fourth-order valence-electron chi connectivity index (χ4n) is 1.11. The van der Waals surface area contributed by atoms with Gasteiger partial charge in [0, 0.05) is 5.56 Å². The Kier molecular flexibility index (Phi) is 3.23. The van der Waals surface area contributed by atoms with E-state index in [9.17, 15) is 14.7 Å². The Morgan fingerprint density at radius 3 is 2.40 bits per heavy atom. The quantitative estimate of drug-likeness (QED) is 0.436. The van der Waals surface area contributed by atoms with E-state index in [-0.39, 0.29) is 11.3 Å². The molecule has 1 aromatic carbocycles. The maximum absolute atomic E-state index is 11.1. The highest BCUT2D eigenvalue weighted by Crippen LogP contribution is 2.19. The maximum Gasteiger partial charge on any atom is 0.252 e. The van der Waals surface area contributed by atoms with E-state index in [2.05, 4.69) is 0 Å². The summed E-state index contributed by atoms with van der Waals surface area (Å²) in [6.45, 7) is 1.25. The maximum atomic E-state index is 11.1. The normalized spacial score (nSPS) is 11.1. The van der Waals surface area contributed by atoms with Gasteiger partial charge in [-0.05, 0) is 19.1 Å². The topological polar surface area (TPSA) is 80.4 Å². The van der Waals surface area contributed by atoms with Crippen LogP contribution in [-0.2, 0) is 9.59 Å². The van der Waals surface area contributed by atoms with E-state index in [1.54, 1.807) is 18.2 Å². The highest BCUT2D eigenvalue weighted by Gasteiger charge is 2.11. The third-order valence-electron chi connectivity index (χ3n) is 1.88. The number of nitrogens with two attached hydrogens (primary N) is 1. The Morgan fingerprint density at radius 2 is 1.93 bits per heavy atom. The molecule has 1 rings (SSSR count). The zero-order chi connectivity index (χ0) is 11.4. The lowest BCUT2D eigenvalue weighted by Crippen LogP contribution is -2.18. The van der Waals surface area contributed by atoms with Gasteiger partial charge < -0.3 is 10.8 Å². The number of ketones is 1. The summed E-state index contributed by atoms with van der Waals surface area (Å²) < 4.78 is 0. The summed E-state index contributed by atoms with van der Waals surface area (Å²) in [6.07, 6.45) is 1.28. The van der Waals surface area contributed by atoms with Crippen LogP contribution in [0.25, 0.3) is 6.08 Å². The standard InChI is InChI=1S/C11H11NO3/c1-7(13)9(11(12)15)6-8-4-2-3-5-10(8)14/h2-6,14H,1H3,(H2,12,15). The fraction of sp³-hybridized carbons (Fsp3) is 0.0909. The lowest BCUT2D eigenvalue weighted by atomic mass is 10.1. The summed E-state index contributed by atoms with van der Waals surface area (Å²) in [5.41, 5.74) is 5.29. The first-order valence-electron chi connectivity index (χ1n) is 4.33. The van der Waals surface area contributed by atoms with E-state index in [4.69, 9.17) is 5.73 Å². The van der Waals surface area contributed by atoms with Crippen LogP contribution in [0.5, 0.6) is 5.75 Å². The average molecular weight is 205 g/mol. The van der Waals surface area contributed by atoms with Crippen LogP contribution in [-0.4, -0.2) is 16.8 Å². The zero-order valence-corrected chi connectivity index (χ0v) is 8.23. The molecule has 0 fully saturated rings. The Labute approximate surface area is 87.0 Å². The summed E-state index contributed by atoms with van der Waals surface area (Å²) in [7, 11) is 0. The number of benzene rings is 1. The van der Waals surface area contributed by atoms with E-state index < -0.39 is 11.7 Å². The molecule has 4 heteroatoms. The molecule has 15 heavy (non-hydrogen) atoms. The molecule has 1 aromatic rings. The summed E-state index contributed by atoms with van der Waals surface area (Å²) in [5, 5.41) is 9.41. The molecule has 0 bridgehead atoms. The van der Waals surface area contributed by atoms with Crippen molar-refractivity contribution in [1.29, 1.82) is 0 Å². The number of para-hydroxylation sites is 1. The lowest BCUT2D eigenvalue weighted by Gasteiger charge is -2.00. The van der Waals surface area contributed by atoms with Crippen LogP contribution in [0, 0.1) is 0 Å². The number of aromatic hydroxyl groups is 1. The molecule has 0 spiro atoms. The first kappa shape index (κ1) is 11.0. The van der Waals surface area contributed by atoms with Crippen LogP contribution in [0.3, 0.4) is 0 Å². The molecule has 1 amide bonds. The number of phenols is 1. The second-order valence-electron chi connectivity index (χ2n) is 3.04. The predicted octanol–water partition coefficient (Wildman–Crippen LogP) is 0.850. The molecule has 78 valence electrons. The summed E-state index contributed by atoms with van der Waals surface area (Å²) in [6, 6.07) is 6.38. The van der Waals surface area contributed by atoms with Crippen molar-refractivity contribution in [2.45, 2.75) is 6.92 Å². The van der Waals surface area contributed by atoms with E-state index >= 15 is 0 Å². The van der Waals surface area contributed by atoms with Gasteiger partial charge in [0.1, 0.15) is 5.75 Å². The number of carbonyl (C=O) groups excluding carboxylic acids is 2. The van der Waals surface area contributed by atoms with Crippen LogP contribution in [0.2, 0.25) is 0 Å². The van der Waals surface area contributed by atoms with Crippen LogP contribution in [0.15, 0.2) is 29.8 Å². The van der Waals surface area contributed by atoms with Gasteiger partial charge in [0.05, 0.1) is 5.57 Å². The van der Waals surface area contributed by atoms with Crippen molar-refractivity contribution in [3.63, 3.8) is 0 Å². The molecule has 0 aliphatic rings. The third kappa shape index (κ3) is 2.67. The molecule has 0 atom stereocenters. The van der Waals surface area contributed by atoms with E-state index in [1.807, 2.05) is 0 Å². The number of Topliss-reactive ketones (excluding diaryl/α,β-unsaturated/α-hetero) is 1. The molecule has 0 saturated heterocycles. The van der Waals surface area contributed by atoms with Crippen LogP contribution >= 0.6 is 0 Å². The minimum Gasteiger partial charge on any atom is -0.507 e. The van der Waals surface area contributed by atoms with Gasteiger partial charge in [0.25, 0.3) is 5.91 Å². The summed E-state index contributed by atoms with van der Waals surface area (Å²) >= 11 is 0. The third-order valence-corrected chi connectivity index (χ3v) is 1.88. The van der Waals surface area contributed by atoms with Gasteiger partial charge in [-0.25, -0.2) is 0 Å². The Hall–Kier alpha value is -2.10. The molecule has 3 N–H and O–H groups in total. The first-order chi connectivity index (χ1) is 7.02. The Bertz CT molecular complexity index is 419. The molecule has 4 nitrogen and oxygen atoms in total. The van der Waals surface area contributed by atoms with Crippen molar-refractivity contribution >= 4 is 17.8 Å². The molecule has 0 aromatic heterocycles. The number of hydrogen-bond donors (Lipinski definition) is 2. The molecule has 0 heterocycles. The predicted molar refractivity (Wildman–Crippen MR) is 56.0 cm³/mol. The van der Waals surface area contributed by atoms with Crippen molar-refractivity contribution in [3.05, 3.63) is 35.4 Å². The van der Waals surface area contributed by atoms with Crippen LogP contribution < -0.4 is 5.73 Å². The van der Waals surface area contributed by atoms with Crippen molar-refractivity contribution in [1.82, 2.24) is 0 Å². The van der Waals surface area contributed by atoms with Gasteiger partial charge in [0.15, 0.2) is 5.78 Å². The minimum atomic E-state index is -0.800. The number of hydrogen-bond acceptors (Lipinski definition) is 3. The second-order valence-corrected chi connectivity index (χ2v) is 3.04. The Balaban J connectivity index is 3.19. The molecule has 0 aliphatic heterocycles. The molecule has 0 radical (unpaired) electrons. The molecular formula is C11H11NO3. The van der Waals surface area contributed by atoms with Crippen molar-refractivity contribution in [2.75, 3.05) is 0 Å². The summed E-state index contributed by atoms with van der Waals surface area (Å²) in [5.74, 6) is -1.23. The van der Waals surface area contributed by atoms with Gasteiger partial charge in [-0.15, -0.1) is 0 Å². The number of carbonyl (C=O) groups is 2. The van der Waals surface area contributed by atoms with Crippen molar-refractivity contribution < 1.29 is 14.7 Å². The van der Waals surface area contributed by atoms with Gasteiger partial charge >= 0.3 is 0 Å². The van der Waals surface area contributed by atoms with Gasteiger partial charge in [-0.1, -0.05) is 18.2 Å². The van der Waals surface area contributed by atoms with Crippen molar-refractivity contribution in [3.8, 4) is 5.75 Å². The summed E-state index contributed by atoms with van der Waals surface area (Å²) in [4.78, 5) is 22.0. The SMILES string of the molecule is CC(=O)C(=Cc1ccccc1O)C(N)=O. The van der Waals surface area contributed by atoms with Gasteiger partial charge in [-0.3, -0.25) is 9.59 Å². The van der Waals surface area contributed by atoms with Crippen LogP contribution in [0.4, 0.5) is 0 Å². The van der Waals surface area contributed by atoms with Crippen LogP contribution in [0.1, 0.15) is 12.5 Å². The molecular weight excluding hydrogens is 194 g/mol. The zero-order valence-electron chi connectivity index (χ0n) is 8.23. The fourth-order valence-corrected chi connectivity index (χ4v) is 1.11. The number of primary amides is 1. The van der Waals surface area contributed by atoms with Gasteiger partial charge in [-0.2, -0.15) is 0 Å². The van der Waals surface area contributed by atoms with E-state index in [1.165, 1.54) is 19.1 Å². The number of amides is 1. The molecule has 0 aliphatic carbocycles. The number of rotatable bonds is 3. The monoisotopic (exact) mass is 205 g/mol. The van der Waals surface area contributed by atoms with Crippen molar-refractivity contribution in [2.24, 2.45) is 5.73 Å². The lowest BCUT2D eigenvalue weighted by molar-refractivity contribution is -0.119. The van der Waals surface area contributed by atoms with E-state index in [0.717, 1.165) is 0 Å². The van der Waals surface area contributed by atoms with E-state index in [0.29, 0.717) is 5.56 Å². The first-order valence-corrected chi connectivity index (χ1v) is 4.33. The smallest absolute Gasteiger partial charge is 0.252 e. The highest BCUT2D eigenvalue weighted by molar-refractivity contribution is 6.21. The average Bonchev–Trinajstić information content (AvgIpc) is 2.15. The second kappa shape index (κ2) is 4.41.